The van der Waals surface area contributed by atoms with Crippen LogP contribution in [0.5, 0.6) is 0 Å². The third-order valence-electron chi connectivity index (χ3n) is 4.81. The van der Waals surface area contributed by atoms with E-state index in [1.807, 2.05) is 31.4 Å². The predicted molar refractivity (Wildman–Crippen MR) is 113 cm³/mol. The second-order valence-corrected chi connectivity index (χ2v) is 8.31. The molecule has 0 fully saturated rings. The summed E-state index contributed by atoms with van der Waals surface area (Å²) in [5, 5.41) is 7.03. The molecular formula is C22H20F2N4OS. The normalized spacial score (nSPS) is 11.4. The van der Waals surface area contributed by atoms with Crippen molar-refractivity contribution in [1.82, 2.24) is 19.7 Å². The monoisotopic (exact) mass is 426 g/mol. The van der Waals surface area contributed by atoms with E-state index in [0.29, 0.717) is 27.9 Å². The fourth-order valence-electron chi connectivity index (χ4n) is 3.31. The Balaban J connectivity index is 1.76. The summed E-state index contributed by atoms with van der Waals surface area (Å²) in [4.78, 5) is 20.5. The summed E-state index contributed by atoms with van der Waals surface area (Å²) in [6.45, 7) is 4.15. The topological polar surface area (TPSA) is 51.0 Å². The van der Waals surface area contributed by atoms with Crippen LogP contribution in [0, 0.1) is 11.6 Å². The highest BCUT2D eigenvalue weighted by atomic mass is 32.1. The average molecular weight is 426 g/mol. The third kappa shape index (κ3) is 3.70. The maximum absolute atomic E-state index is 13.6. The van der Waals surface area contributed by atoms with Gasteiger partial charge in [-0.3, -0.25) is 4.79 Å². The first-order valence-corrected chi connectivity index (χ1v) is 10.3. The highest BCUT2D eigenvalue weighted by molar-refractivity contribution is 7.13. The first-order valence-electron chi connectivity index (χ1n) is 9.46. The SMILES string of the molecule is CC(C)n1ncc2c(C(=O)N(C)Cc3ccc(F)c(F)c3)cc(-c3cccs3)nc21. The highest BCUT2D eigenvalue weighted by Gasteiger charge is 2.21. The number of carbonyl (C=O) groups is 1. The summed E-state index contributed by atoms with van der Waals surface area (Å²) in [6, 6.07) is 9.38. The molecule has 1 amide bonds. The van der Waals surface area contributed by atoms with Crippen molar-refractivity contribution in [2.45, 2.75) is 26.4 Å². The predicted octanol–water partition coefficient (Wildman–Crippen LogP) is 5.29. The fraction of sp³-hybridized carbons (Fsp3) is 0.227. The Morgan fingerprint density at radius 3 is 2.67 bits per heavy atom. The zero-order chi connectivity index (χ0) is 21.4. The van der Waals surface area contributed by atoms with Crippen LogP contribution < -0.4 is 0 Å². The molecule has 0 aliphatic rings. The summed E-state index contributed by atoms with van der Waals surface area (Å²) >= 11 is 1.54. The van der Waals surface area contributed by atoms with Crippen LogP contribution in [0.15, 0.2) is 48.0 Å². The molecule has 4 rings (SSSR count). The van der Waals surface area contributed by atoms with Crippen molar-refractivity contribution >= 4 is 28.3 Å². The minimum Gasteiger partial charge on any atom is -0.337 e. The van der Waals surface area contributed by atoms with Crippen LogP contribution >= 0.6 is 11.3 Å². The molecule has 4 aromatic rings. The van der Waals surface area contributed by atoms with Gasteiger partial charge in [0.15, 0.2) is 17.3 Å². The van der Waals surface area contributed by atoms with Crippen LogP contribution in [0.4, 0.5) is 8.78 Å². The van der Waals surface area contributed by atoms with Crippen LogP contribution in [0.25, 0.3) is 21.6 Å². The van der Waals surface area contributed by atoms with E-state index in [2.05, 4.69) is 5.10 Å². The summed E-state index contributed by atoms with van der Waals surface area (Å²) in [5.41, 5.74) is 2.32. The van der Waals surface area contributed by atoms with Gasteiger partial charge >= 0.3 is 0 Å². The number of halogens is 2. The molecule has 0 unspecified atom stereocenters. The molecule has 30 heavy (non-hydrogen) atoms. The number of fused-ring (bicyclic) bond motifs is 1. The summed E-state index contributed by atoms with van der Waals surface area (Å²) < 4.78 is 28.6. The molecule has 0 aliphatic heterocycles. The number of hydrogen-bond donors (Lipinski definition) is 0. The van der Waals surface area contributed by atoms with Crippen LogP contribution in [0.2, 0.25) is 0 Å². The van der Waals surface area contributed by atoms with Gasteiger partial charge in [0.1, 0.15) is 0 Å². The molecule has 154 valence electrons. The van der Waals surface area contributed by atoms with Crippen molar-refractivity contribution in [3.05, 3.63) is 70.7 Å². The Labute approximate surface area is 176 Å². The average Bonchev–Trinajstić information content (AvgIpc) is 3.39. The van der Waals surface area contributed by atoms with E-state index in [1.54, 1.807) is 35.3 Å². The lowest BCUT2D eigenvalue weighted by Crippen LogP contribution is -2.26. The van der Waals surface area contributed by atoms with E-state index in [-0.39, 0.29) is 18.5 Å². The Morgan fingerprint density at radius 1 is 1.20 bits per heavy atom. The van der Waals surface area contributed by atoms with Gasteiger partial charge in [0.2, 0.25) is 0 Å². The lowest BCUT2D eigenvalue weighted by molar-refractivity contribution is 0.0787. The number of aromatic nitrogens is 3. The van der Waals surface area contributed by atoms with Gasteiger partial charge in [0.05, 0.1) is 27.7 Å². The number of thiophene rings is 1. The number of rotatable bonds is 5. The second kappa shape index (κ2) is 7.95. The smallest absolute Gasteiger partial charge is 0.254 e. The molecule has 5 nitrogen and oxygen atoms in total. The molecule has 0 spiro atoms. The maximum atomic E-state index is 13.6. The van der Waals surface area contributed by atoms with E-state index in [4.69, 9.17) is 4.98 Å². The second-order valence-electron chi connectivity index (χ2n) is 7.36. The first kappa shape index (κ1) is 20.2. The van der Waals surface area contributed by atoms with Crippen molar-refractivity contribution in [1.29, 1.82) is 0 Å². The number of amides is 1. The van der Waals surface area contributed by atoms with E-state index in [1.165, 1.54) is 11.0 Å². The molecule has 3 heterocycles. The number of benzene rings is 1. The molecule has 0 saturated carbocycles. The van der Waals surface area contributed by atoms with Gasteiger partial charge in [-0.05, 0) is 49.1 Å². The molecule has 0 saturated heterocycles. The Bertz CT molecular complexity index is 1220. The molecule has 0 N–H and O–H groups in total. The molecule has 3 aromatic heterocycles. The Kier molecular flexibility index (Phi) is 5.34. The first-order chi connectivity index (χ1) is 14.3. The van der Waals surface area contributed by atoms with E-state index in [0.717, 1.165) is 17.0 Å². The van der Waals surface area contributed by atoms with Crippen LogP contribution in [-0.2, 0) is 6.54 Å². The number of carbonyl (C=O) groups excluding carboxylic acids is 1. The van der Waals surface area contributed by atoms with Crippen molar-refractivity contribution in [2.24, 2.45) is 0 Å². The minimum absolute atomic E-state index is 0.0801. The number of pyridine rings is 1. The summed E-state index contributed by atoms with van der Waals surface area (Å²) in [7, 11) is 1.63. The van der Waals surface area contributed by atoms with Crippen molar-refractivity contribution in [3.63, 3.8) is 0 Å². The molecule has 0 bridgehead atoms. The van der Waals surface area contributed by atoms with E-state index in [9.17, 15) is 13.6 Å². The molecule has 0 atom stereocenters. The minimum atomic E-state index is -0.933. The molecule has 1 aromatic carbocycles. The van der Waals surface area contributed by atoms with Gasteiger partial charge in [-0.15, -0.1) is 11.3 Å². The lowest BCUT2D eigenvalue weighted by Gasteiger charge is -2.18. The molecular weight excluding hydrogens is 406 g/mol. The van der Waals surface area contributed by atoms with Crippen LogP contribution in [0.3, 0.4) is 0 Å². The van der Waals surface area contributed by atoms with E-state index >= 15 is 0 Å². The van der Waals surface area contributed by atoms with Crippen LogP contribution in [0.1, 0.15) is 35.8 Å². The Hall–Kier alpha value is -3.13. The molecule has 0 aliphatic carbocycles. The van der Waals surface area contributed by atoms with Gasteiger partial charge in [0.25, 0.3) is 5.91 Å². The van der Waals surface area contributed by atoms with Crippen molar-refractivity contribution in [2.75, 3.05) is 7.05 Å². The van der Waals surface area contributed by atoms with Gasteiger partial charge in [-0.2, -0.15) is 5.10 Å². The standard InChI is InChI=1S/C22H20F2N4OS/c1-13(2)28-21-16(11-25-28)15(10-19(26-21)20-5-4-8-30-20)22(29)27(3)12-14-6-7-17(23)18(24)9-14/h4-11,13H,12H2,1-3H3. The zero-order valence-electron chi connectivity index (χ0n) is 16.8. The van der Waals surface area contributed by atoms with E-state index < -0.39 is 11.6 Å². The quantitative estimate of drug-likeness (QED) is 0.436. The summed E-state index contributed by atoms with van der Waals surface area (Å²) in [5.74, 6) is -2.09. The van der Waals surface area contributed by atoms with Crippen molar-refractivity contribution < 1.29 is 13.6 Å². The van der Waals surface area contributed by atoms with Gasteiger partial charge < -0.3 is 4.90 Å². The number of nitrogens with zero attached hydrogens (tertiary/aromatic N) is 4. The van der Waals surface area contributed by atoms with Crippen molar-refractivity contribution in [3.8, 4) is 10.6 Å². The summed E-state index contributed by atoms with van der Waals surface area (Å²) in [6.07, 6.45) is 1.65. The van der Waals surface area contributed by atoms with Crippen LogP contribution in [-0.4, -0.2) is 32.6 Å². The Morgan fingerprint density at radius 2 is 2.00 bits per heavy atom. The highest BCUT2D eigenvalue weighted by Crippen LogP contribution is 2.29. The van der Waals surface area contributed by atoms with Gasteiger partial charge in [-0.25, -0.2) is 18.4 Å². The molecule has 8 heteroatoms. The largest absolute Gasteiger partial charge is 0.337 e. The number of hydrogen-bond acceptors (Lipinski definition) is 4. The van der Waals surface area contributed by atoms with Gasteiger partial charge in [-0.1, -0.05) is 12.1 Å². The molecule has 0 radical (unpaired) electrons. The lowest BCUT2D eigenvalue weighted by atomic mass is 10.1. The zero-order valence-corrected chi connectivity index (χ0v) is 17.6. The van der Waals surface area contributed by atoms with Gasteiger partial charge in [0, 0.05) is 19.6 Å². The third-order valence-corrected chi connectivity index (χ3v) is 5.70. The fourth-order valence-corrected chi connectivity index (χ4v) is 4.00. The maximum Gasteiger partial charge on any atom is 0.254 e.